The first-order valence-electron chi connectivity index (χ1n) is 7.22. The molecule has 0 amide bonds. The van der Waals surface area contributed by atoms with Crippen molar-refractivity contribution < 1.29 is 0 Å². The largest absolute Gasteiger partial charge is 0.309 e. The highest BCUT2D eigenvalue weighted by atomic mass is 15.4. The highest BCUT2D eigenvalue weighted by Crippen LogP contribution is 2.23. The van der Waals surface area contributed by atoms with Crippen molar-refractivity contribution in [1.29, 1.82) is 0 Å². The Labute approximate surface area is 124 Å². The van der Waals surface area contributed by atoms with E-state index in [0.717, 1.165) is 34.5 Å². The lowest BCUT2D eigenvalue weighted by molar-refractivity contribution is 0.579. The van der Waals surface area contributed by atoms with Crippen molar-refractivity contribution in [3.63, 3.8) is 0 Å². The molecule has 0 fully saturated rings. The zero-order chi connectivity index (χ0) is 14.8. The number of nitrogens with zero attached hydrogens (tertiary/aromatic N) is 4. The van der Waals surface area contributed by atoms with Gasteiger partial charge in [0.2, 0.25) is 0 Å². The summed E-state index contributed by atoms with van der Waals surface area (Å²) < 4.78 is 1.90. The minimum atomic E-state index is 0.192. The average molecular weight is 281 g/mol. The van der Waals surface area contributed by atoms with E-state index < -0.39 is 0 Å². The third kappa shape index (κ3) is 2.40. The molecule has 21 heavy (non-hydrogen) atoms. The van der Waals surface area contributed by atoms with E-state index in [2.05, 4.69) is 47.5 Å². The molecule has 0 aliphatic heterocycles. The minimum Gasteiger partial charge on any atom is -0.309 e. The molecule has 1 atom stereocenters. The highest BCUT2D eigenvalue weighted by Gasteiger charge is 2.16. The summed E-state index contributed by atoms with van der Waals surface area (Å²) in [5.41, 5.74) is 4.02. The summed E-state index contributed by atoms with van der Waals surface area (Å²) in [4.78, 5) is 4.39. The van der Waals surface area contributed by atoms with Crippen LogP contribution < -0.4 is 5.32 Å². The molecule has 0 saturated carbocycles. The lowest BCUT2D eigenvalue weighted by atomic mass is 10.1. The maximum absolute atomic E-state index is 4.39. The molecule has 1 N–H and O–H groups in total. The molecule has 2 heterocycles. The Morgan fingerprint density at radius 3 is 2.90 bits per heavy atom. The van der Waals surface area contributed by atoms with E-state index in [9.17, 15) is 0 Å². The van der Waals surface area contributed by atoms with Crippen LogP contribution in [0.3, 0.4) is 0 Å². The Kier molecular flexibility index (Phi) is 3.66. The molecule has 1 unspecified atom stereocenters. The van der Waals surface area contributed by atoms with Gasteiger partial charge in [0, 0.05) is 11.6 Å². The molecule has 1 aromatic carbocycles. The fourth-order valence-electron chi connectivity index (χ4n) is 2.64. The average Bonchev–Trinajstić information content (AvgIpc) is 2.88. The van der Waals surface area contributed by atoms with Gasteiger partial charge in [-0.3, -0.25) is 4.98 Å². The van der Waals surface area contributed by atoms with Gasteiger partial charge in [0.1, 0.15) is 5.69 Å². The monoisotopic (exact) mass is 281 g/mol. The van der Waals surface area contributed by atoms with Crippen LogP contribution >= 0.6 is 0 Å². The van der Waals surface area contributed by atoms with Crippen LogP contribution in [0.15, 0.2) is 36.5 Å². The zero-order valence-corrected chi connectivity index (χ0v) is 12.5. The van der Waals surface area contributed by atoms with Gasteiger partial charge in [-0.05, 0) is 44.7 Å². The van der Waals surface area contributed by atoms with E-state index in [4.69, 9.17) is 0 Å². The molecule has 0 bridgehead atoms. The SMILES string of the molecule is CCNC(C)c1nnn(-c2cccc3ncccc23)c1C. The van der Waals surface area contributed by atoms with Gasteiger partial charge in [0.25, 0.3) is 0 Å². The van der Waals surface area contributed by atoms with Crippen molar-refractivity contribution in [1.82, 2.24) is 25.3 Å². The Morgan fingerprint density at radius 2 is 2.10 bits per heavy atom. The van der Waals surface area contributed by atoms with Crippen LogP contribution in [0.1, 0.15) is 31.3 Å². The summed E-state index contributed by atoms with van der Waals surface area (Å²) >= 11 is 0. The van der Waals surface area contributed by atoms with Crippen LogP contribution in [0.25, 0.3) is 16.6 Å². The first kappa shape index (κ1) is 13.7. The lowest BCUT2D eigenvalue weighted by Crippen LogP contribution is -2.19. The van der Waals surface area contributed by atoms with Crippen LogP contribution in [0.4, 0.5) is 0 Å². The molecule has 0 saturated heterocycles. The predicted molar refractivity (Wildman–Crippen MR) is 83.5 cm³/mol. The molecule has 3 rings (SSSR count). The number of aromatic nitrogens is 4. The number of fused-ring (bicyclic) bond motifs is 1. The van der Waals surface area contributed by atoms with Crippen LogP contribution in [0, 0.1) is 6.92 Å². The number of rotatable bonds is 4. The van der Waals surface area contributed by atoms with E-state index in [1.165, 1.54) is 0 Å². The third-order valence-corrected chi connectivity index (χ3v) is 3.70. The van der Waals surface area contributed by atoms with Crippen molar-refractivity contribution in [2.24, 2.45) is 0 Å². The van der Waals surface area contributed by atoms with Crippen molar-refractivity contribution in [3.05, 3.63) is 47.9 Å². The lowest BCUT2D eigenvalue weighted by Gasteiger charge is -2.11. The second-order valence-corrected chi connectivity index (χ2v) is 5.10. The van der Waals surface area contributed by atoms with Gasteiger partial charge in [-0.1, -0.05) is 18.2 Å². The molecular weight excluding hydrogens is 262 g/mol. The van der Waals surface area contributed by atoms with Gasteiger partial charge in [-0.15, -0.1) is 5.10 Å². The summed E-state index contributed by atoms with van der Waals surface area (Å²) in [6.45, 7) is 7.16. The molecule has 5 nitrogen and oxygen atoms in total. The summed E-state index contributed by atoms with van der Waals surface area (Å²) in [5.74, 6) is 0. The highest BCUT2D eigenvalue weighted by molar-refractivity contribution is 5.86. The normalized spacial score (nSPS) is 12.7. The topological polar surface area (TPSA) is 55.6 Å². The van der Waals surface area contributed by atoms with Crippen LogP contribution in [0.2, 0.25) is 0 Å². The number of benzene rings is 1. The first-order valence-corrected chi connectivity index (χ1v) is 7.22. The molecular formula is C16H19N5. The Bertz CT molecular complexity index is 757. The fourth-order valence-corrected chi connectivity index (χ4v) is 2.64. The maximum atomic E-state index is 4.39. The predicted octanol–water partition coefficient (Wildman–Crippen LogP) is 2.79. The standard InChI is InChI=1S/C16H19N5/c1-4-17-11(2)16-12(3)21(20-19-16)15-9-5-8-14-13(15)7-6-10-18-14/h5-11,17H,4H2,1-3H3. The van der Waals surface area contributed by atoms with Gasteiger partial charge >= 0.3 is 0 Å². The maximum Gasteiger partial charge on any atom is 0.103 e. The van der Waals surface area contributed by atoms with Crippen LogP contribution in [-0.4, -0.2) is 26.5 Å². The second kappa shape index (κ2) is 5.61. The van der Waals surface area contributed by atoms with Gasteiger partial charge in [0.05, 0.1) is 22.9 Å². The molecule has 2 aromatic heterocycles. The van der Waals surface area contributed by atoms with E-state index >= 15 is 0 Å². The van der Waals surface area contributed by atoms with Gasteiger partial charge < -0.3 is 5.32 Å². The summed E-state index contributed by atoms with van der Waals surface area (Å²) in [6, 6.07) is 10.3. The number of hydrogen-bond donors (Lipinski definition) is 1. The zero-order valence-electron chi connectivity index (χ0n) is 12.5. The molecule has 5 heteroatoms. The van der Waals surface area contributed by atoms with Gasteiger partial charge in [-0.25, -0.2) is 4.68 Å². The second-order valence-electron chi connectivity index (χ2n) is 5.10. The Hall–Kier alpha value is -2.27. The Balaban J connectivity index is 2.12. The van der Waals surface area contributed by atoms with Crippen LogP contribution in [-0.2, 0) is 0 Å². The molecule has 0 spiro atoms. The van der Waals surface area contributed by atoms with E-state index in [-0.39, 0.29) is 6.04 Å². The van der Waals surface area contributed by atoms with E-state index in [1.54, 1.807) is 6.20 Å². The number of nitrogens with one attached hydrogen (secondary N) is 1. The quantitative estimate of drug-likeness (QED) is 0.799. The first-order chi connectivity index (χ1) is 10.2. The molecule has 3 aromatic rings. The van der Waals surface area contributed by atoms with Gasteiger partial charge in [-0.2, -0.15) is 0 Å². The molecule has 0 aliphatic carbocycles. The van der Waals surface area contributed by atoms with E-state index in [1.807, 2.05) is 28.9 Å². The summed E-state index contributed by atoms with van der Waals surface area (Å²) in [5, 5.41) is 13.1. The summed E-state index contributed by atoms with van der Waals surface area (Å²) in [7, 11) is 0. The summed E-state index contributed by atoms with van der Waals surface area (Å²) in [6.07, 6.45) is 1.80. The van der Waals surface area contributed by atoms with Crippen LogP contribution in [0.5, 0.6) is 0 Å². The van der Waals surface area contributed by atoms with Gasteiger partial charge in [0.15, 0.2) is 0 Å². The smallest absolute Gasteiger partial charge is 0.103 e. The number of hydrogen-bond acceptors (Lipinski definition) is 4. The van der Waals surface area contributed by atoms with E-state index in [0.29, 0.717) is 0 Å². The third-order valence-electron chi connectivity index (χ3n) is 3.70. The fraction of sp³-hybridized carbons (Fsp3) is 0.312. The van der Waals surface area contributed by atoms with Crippen molar-refractivity contribution in [2.45, 2.75) is 26.8 Å². The molecule has 0 radical (unpaired) electrons. The minimum absolute atomic E-state index is 0.192. The molecule has 108 valence electrons. The number of pyridine rings is 1. The Morgan fingerprint density at radius 1 is 1.24 bits per heavy atom. The van der Waals surface area contributed by atoms with Crippen molar-refractivity contribution in [3.8, 4) is 5.69 Å². The van der Waals surface area contributed by atoms with Crippen molar-refractivity contribution in [2.75, 3.05) is 6.54 Å². The van der Waals surface area contributed by atoms with Crippen molar-refractivity contribution >= 4 is 10.9 Å². The molecule has 0 aliphatic rings.